The molecule has 0 aliphatic heterocycles. The second kappa shape index (κ2) is 11.5. The van der Waals surface area contributed by atoms with Crippen LogP contribution in [-0.4, -0.2) is 35.3 Å². The molecule has 3 heterocycles. The number of carbonyl (C=O) groups is 1. The van der Waals surface area contributed by atoms with Crippen LogP contribution in [0.5, 0.6) is 0 Å². The Hall–Kier alpha value is -5.00. The van der Waals surface area contributed by atoms with Crippen molar-refractivity contribution in [1.29, 1.82) is 0 Å². The van der Waals surface area contributed by atoms with Gasteiger partial charge in [-0.2, -0.15) is 13.2 Å². The Morgan fingerprint density at radius 2 is 1.74 bits per heavy atom. The van der Waals surface area contributed by atoms with Gasteiger partial charge in [0, 0.05) is 31.3 Å². The van der Waals surface area contributed by atoms with Gasteiger partial charge in [-0.3, -0.25) is 19.1 Å². The number of nitrogens with zero attached hydrogens (tertiary/aromatic N) is 6. The first-order valence-corrected chi connectivity index (χ1v) is 12.9. The third-order valence-corrected chi connectivity index (χ3v) is 6.76. The standard InChI is InChI=1S/C30H24F4N6O2/c1-18-5-8-22(9-6-18)40-28(38-27-26(29(40)42)36-12-13-37-27)19(2)39(17-21-4-3-11-35-16-21)25(41)15-20-7-10-24(31)23(14-20)30(32,33)34/h3-14,16,19H,15,17H2,1-2H3/t19-/m1/s1. The first-order chi connectivity index (χ1) is 20.0. The van der Waals surface area contributed by atoms with Gasteiger partial charge in [0.1, 0.15) is 11.6 Å². The van der Waals surface area contributed by atoms with Gasteiger partial charge in [-0.25, -0.2) is 19.3 Å². The van der Waals surface area contributed by atoms with Gasteiger partial charge < -0.3 is 4.90 Å². The van der Waals surface area contributed by atoms with Gasteiger partial charge in [0.05, 0.1) is 23.7 Å². The Morgan fingerprint density at radius 3 is 2.43 bits per heavy atom. The molecule has 214 valence electrons. The number of pyridine rings is 1. The van der Waals surface area contributed by atoms with E-state index in [1.165, 1.54) is 21.9 Å². The summed E-state index contributed by atoms with van der Waals surface area (Å²) in [5.41, 5.74) is 0.210. The SMILES string of the molecule is Cc1ccc(-n2c([C@@H](C)N(Cc3cccnc3)C(=O)Cc3ccc(F)c(C(F)(F)F)c3)nc3nccnc3c2=O)cc1. The lowest BCUT2D eigenvalue weighted by Gasteiger charge is -2.30. The molecule has 0 N–H and O–H groups in total. The van der Waals surface area contributed by atoms with Crippen LogP contribution in [0.25, 0.3) is 16.9 Å². The van der Waals surface area contributed by atoms with Gasteiger partial charge in [0.25, 0.3) is 5.56 Å². The first-order valence-electron chi connectivity index (χ1n) is 12.9. The third kappa shape index (κ3) is 5.87. The molecule has 5 rings (SSSR count). The van der Waals surface area contributed by atoms with Crippen molar-refractivity contribution >= 4 is 17.1 Å². The molecule has 0 unspecified atom stereocenters. The molecule has 1 atom stereocenters. The average molecular weight is 577 g/mol. The van der Waals surface area contributed by atoms with Crippen LogP contribution in [0.2, 0.25) is 0 Å². The predicted molar refractivity (Wildman–Crippen MR) is 146 cm³/mol. The minimum absolute atomic E-state index is 0.00341. The van der Waals surface area contributed by atoms with Crippen LogP contribution in [0, 0.1) is 12.7 Å². The number of hydrogen-bond acceptors (Lipinski definition) is 6. The van der Waals surface area contributed by atoms with E-state index in [4.69, 9.17) is 0 Å². The van der Waals surface area contributed by atoms with E-state index in [0.29, 0.717) is 23.4 Å². The molecular weight excluding hydrogens is 552 g/mol. The number of rotatable bonds is 7. The van der Waals surface area contributed by atoms with Crippen molar-refractivity contribution in [2.45, 2.75) is 39.0 Å². The molecule has 12 heteroatoms. The van der Waals surface area contributed by atoms with E-state index >= 15 is 0 Å². The van der Waals surface area contributed by atoms with Gasteiger partial charge in [0.2, 0.25) is 5.91 Å². The lowest BCUT2D eigenvalue weighted by Crippen LogP contribution is -2.38. The molecule has 2 aromatic carbocycles. The maximum absolute atomic E-state index is 13.9. The largest absolute Gasteiger partial charge is 0.419 e. The highest BCUT2D eigenvalue weighted by molar-refractivity contribution is 5.79. The molecule has 5 aromatic rings. The van der Waals surface area contributed by atoms with Gasteiger partial charge in [-0.15, -0.1) is 0 Å². The van der Waals surface area contributed by atoms with Crippen molar-refractivity contribution in [3.05, 3.63) is 124 Å². The Labute approximate surface area is 237 Å². The highest BCUT2D eigenvalue weighted by Crippen LogP contribution is 2.32. The molecular formula is C30H24F4N6O2. The lowest BCUT2D eigenvalue weighted by atomic mass is 10.1. The minimum Gasteiger partial charge on any atom is -0.328 e. The highest BCUT2D eigenvalue weighted by atomic mass is 19.4. The van der Waals surface area contributed by atoms with Crippen molar-refractivity contribution in [2.24, 2.45) is 0 Å². The predicted octanol–water partition coefficient (Wildman–Crippen LogP) is 5.37. The summed E-state index contributed by atoms with van der Waals surface area (Å²) in [6, 6.07) is 12.1. The Balaban J connectivity index is 1.62. The normalized spacial score (nSPS) is 12.3. The minimum atomic E-state index is -4.92. The summed E-state index contributed by atoms with van der Waals surface area (Å²) in [6.45, 7) is 3.56. The number of benzene rings is 2. The van der Waals surface area contributed by atoms with Gasteiger partial charge in [-0.1, -0.05) is 29.8 Å². The highest BCUT2D eigenvalue weighted by Gasteiger charge is 2.35. The monoisotopic (exact) mass is 576 g/mol. The van der Waals surface area contributed by atoms with E-state index in [1.807, 2.05) is 19.1 Å². The molecule has 0 saturated carbocycles. The van der Waals surface area contributed by atoms with Crippen LogP contribution >= 0.6 is 0 Å². The molecule has 1 amide bonds. The van der Waals surface area contributed by atoms with E-state index in [1.54, 1.807) is 43.6 Å². The molecule has 0 fully saturated rings. The maximum Gasteiger partial charge on any atom is 0.419 e. The fraction of sp³-hybridized carbons (Fsp3) is 0.200. The zero-order valence-electron chi connectivity index (χ0n) is 22.5. The summed E-state index contributed by atoms with van der Waals surface area (Å²) in [5.74, 6) is -1.83. The number of amides is 1. The molecule has 0 spiro atoms. The first kappa shape index (κ1) is 28.5. The molecule has 3 aromatic heterocycles. The zero-order chi connectivity index (χ0) is 30.0. The summed E-state index contributed by atoms with van der Waals surface area (Å²) < 4.78 is 55.4. The molecule has 0 aliphatic rings. The molecule has 42 heavy (non-hydrogen) atoms. The van der Waals surface area contributed by atoms with Crippen LogP contribution in [0.15, 0.2) is 84.2 Å². The van der Waals surface area contributed by atoms with E-state index in [9.17, 15) is 27.2 Å². The van der Waals surface area contributed by atoms with Gasteiger partial charge >= 0.3 is 6.18 Å². The number of fused-ring (bicyclic) bond motifs is 1. The summed E-state index contributed by atoms with van der Waals surface area (Å²) in [5, 5.41) is 0. The number of alkyl halides is 3. The number of hydrogen-bond donors (Lipinski definition) is 0. The fourth-order valence-corrected chi connectivity index (χ4v) is 4.60. The van der Waals surface area contributed by atoms with E-state index in [0.717, 1.165) is 11.6 Å². The fourth-order valence-electron chi connectivity index (χ4n) is 4.60. The summed E-state index contributed by atoms with van der Waals surface area (Å²) in [6.07, 6.45) is 0.505. The topological polar surface area (TPSA) is 93.9 Å². The Kier molecular flexibility index (Phi) is 7.79. The Bertz CT molecular complexity index is 1810. The zero-order valence-corrected chi connectivity index (χ0v) is 22.5. The molecule has 8 nitrogen and oxygen atoms in total. The second-order valence-corrected chi connectivity index (χ2v) is 9.72. The van der Waals surface area contributed by atoms with Crippen LogP contribution in [0.1, 0.15) is 41.0 Å². The molecule has 0 saturated heterocycles. The molecule has 0 radical (unpaired) electrons. The van der Waals surface area contributed by atoms with Crippen LogP contribution in [-0.2, 0) is 23.9 Å². The van der Waals surface area contributed by atoms with Crippen molar-refractivity contribution in [3.8, 4) is 5.69 Å². The van der Waals surface area contributed by atoms with E-state index in [2.05, 4.69) is 19.9 Å². The van der Waals surface area contributed by atoms with E-state index in [-0.39, 0.29) is 29.1 Å². The van der Waals surface area contributed by atoms with Crippen LogP contribution in [0.4, 0.5) is 17.6 Å². The van der Waals surface area contributed by atoms with Crippen LogP contribution in [0.3, 0.4) is 0 Å². The van der Waals surface area contributed by atoms with Crippen molar-refractivity contribution in [2.75, 3.05) is 0 Å². The average Bonchev–Trinajstić information content (AvgIpc) is 2.97. The molecule has 0 aliphatic carbocycles. The summed E-state index contributed by atoms with van der Waals surface area (Å²) in [4.78, 5) is 46.0. The second-order valence-electron chi connectivity index (χ2n) is 9.72. The summed E-state index contributed by atoms with van der Waals surface area (Å²) in [7, 11) is 0. The van der Waals surface area contributed by atoms with Gasteiger partial charge in [0.15, 0.2) is 11.2 Å². The van der Waals surface area contributed by atoms with E-state index < -0.39 is 41.5 Å². The molecule has 0 bridgehead atoms. The van der Waals surface area contributed by atoms with Crippen molar-refractivity contribution in [3.63, 3.8) is 0 Å². The number of aromatic nitrogens is 5. The van der Waals surface area contributed by atoms with Crippen molar-refractivity contribution in [1.82, 2.24) is 29.4 Å². The number of aryl methyl sites for hydroxylation is 1. The third-order valence-electron chi connectivity index (χ3n) is 6.76. The Morgan fingerprint density at radius 1 is 1.00 bits per heavy atom. The quantitative estimate of drug-likeness (QED) is 0.242. The van der Waals surface area contributed by atoms with Crippen molar-refractivity contribution < 1.29 is 22.4 Å². The lowest BCUT2D eigenvalue weighted by molar-refractivity contribution is -0.140. The van der Waals surface area contributed by atoms with Gasteiger partial charge in [-0.05, 0) is 55.3 Å². The van der Waals surface area contributed by atoms with Crippen LogP contribution < -0.4 is 5.56 Å². The maximum atomic E-state index is 13.9. The number of carbonyl (C=O) groups excluding carboxylic acids is 1. The summed E-state index contributed by atoms with van der Waals surface area (Å²) >= 11 is 0. The number of halogens is 4. The smallest absolute Gasteiger partial charge is 0.328 e.